The summed E-state index contributed by atoms with van der Waals surface area (Å²) in [6.07, 6.45) is 0.387. The molecule has 0 fully saturated rings. The summed E-state index contributed by atoms with van der Waals surface area (Å²) < 4.78 is 11.6. The molecular formula is C9H8O3S. The van der Waals surface area contributed by atoms with Crippen LogP contribution in [-0.2, 0) is 22.0 Å². The lowest BCUT2D eigenvalue weighted by atomic mass is 10.1. The fourth-order valence-corrected chi connectivity index (χ4v) is 2.92. The third-order valence-corrected chi connectivity index (χ3v) is 3.85. The smallest absolute Gasteiger partial charge is 0.320 e. The normalized spacial score (nSPS) is 25.5. The quantitative estimate of drug-likeness (QED) is 0.723. The molecule has 1 N–H and O–H groups in total. The van der Waals surface area contributed by atoms with Crippen molar-refractivity contribution in [3.63, 3.8) is 0 Å². The minimum atomic E-state index is -1.37. The maximum atomic E-state index is 11.6. The molecule has 0 unspecified atom stereocenters. The van der Waals surface area contributed by atoms with Crippen LogP contribution >= 0.6 is 0 Å². The van der Waals surface area contributed by atoms with E-state index in [-0.39, 0.29) is 0 Å². The van der Waals surface area contributed by atoms with Gasteiger partial charge in [0, 0.05) is 4.90 Å². The van der Waals surface area contributed by atoms with Crippen molar-refractivity contribution in [2.24, 2.45) is 0 Å². The van der Waals surface area contributed by atoms with Gasteiger partial charge in [-0.05, 0) is 18.1 Å². The Hall–Kier alpha value is -1.16. The van der Waals surface area contributed by atoms with Gasteiger partial charge in [-0.1, -0.05) is 18.2 Å². The Morgan fingerprint density at radius 1 is 1.46 bits per heavy atom. The third kappa shape index (κ3) is 1.27. The van der Waals surface area contributed by atoms with Crippen LogP contribution in [0.1, 0.15) is 5.56 Å². The zero-order valence-electron chi connectivity index (χ0n) is 6.77. The highest BCUT2D eigenvalue weighted by Crippen LogP contribution is 2.27. The summed E-state index contributed by atoms with van der Waals surface area (Å²) >= 11 is 0. The van der Waals surface area contributed by atoms with Crippen LogP contribution < -0.4 is 0 Å². The van der Waals surface area contributed by atoms with E-state index in [1.54, 1.807) is 12.1 Å². The Bertz CT molecular complexity index is 386. The van der Waals surface area contributed by atoms with Gasteiger partial charge in [-0.15, -0.1) is 0 Å². The van der Waals surface area contributed by atoms with Gasteiger partial charge < -0.3 is 5.11 Å². The monoisotopic (exact) mass is 196 g/mol. The summed E-state index contributed by atoms with van der Waals surface area (Å²) in [6, 6.07) is 7.17. The van der Waals surface area contributed by atoms with Crippen LogP contribution in [0.5, 0.6) is 0 Å². The average molecular weight is 196 g/mol. The first-order valence-electron chi connectivity index (χ1n) is 3.91. The van der Waals surface area contributed by atoms with Gasteiger partial charge in [0.05, 0.1) is 10.8 Å². The van der Waals surface area contributed by atoms with Crippen molar-refractivity contribution in [2.75, 3.05) is 0 Å². The van der Waals surface area contributed by atoms with Crippen molar-refractivity contribution in [1.82, 2.24) is 0 Å². The largest absolute Gasteiger partial charge is 0.480 e. The van der Waals surface area contributed by atoms with Gasteiger partial charge >= 0.3 is 5.97 Å². The predicted molar refractivity (Wildman–Crippen MR) is 48.0 cm³/mol. The summed E-state index contributed by atoms with van der Waals surface area (Å²) in [6.45, 7) is 0. The minimum absolute atomic E-state index is 0.387. The highest BCUT2D eigenvalue weighted by Gasteiger charge is 2.34. The Morgan fingerprint density at radius 3 is 2.77 bits per heavy atom. The molecule has 1 aliphatic rings. The highest BCUT2D eigenvalue weighted by molar-refractivity contribution is 7.86. The standard InChI is InChI=1S/C9H8O3S/c10-9(11)8-5-6-3-1-2-4-7(6)13(8)12/h1-4,8H,5H2,(H,10,11)/t8-,13+/m0/s1. The molecule has 0 saturated heterocycles. The molecule has 0 bridgehead atoms. The van der Waals surface area contributed by atoms with Gasteiger partial charge in [0.2, 0.25) is 0 Å². The van der Waals surface area contributed by atoms with E-state index < -0.39 is 22.0 Å². The van der Waals surface area contributed by atoms with Crippen LogP contribution in [0.25, 0.3) is 0 Å². The van der Waals surface area contributed by atoms with Crippen LogP contribution in [0.2, 0.25) is 0 Å². The van der Waals surface area contributed by atoms with Gasteiger partial charge in [0.1, 0.15) is 5.25 Å². The molecule has 1 aromatic carbocycles. The van der Waals surface area contributed by atoms with Crippen molar-refractivity contribution in [3.05, 3.63) is 29.8 Å². The Balaban J connectivity index is 2.44. The molecule has 1 aliphatic heterocycles. The van der Waals surface area contributed by atoms with Crippen LogP contribution in [0.4, 0.5) is 0 Å². The van der Waals surface area contributed by atoms with Crippen LogP contribution in [0.15, 0.2) is 29.2 Å². The average Bonchev–Trinajstić information content (AvgIpc) is 2.45. The summed E-state index contributed by atoms with van der Waals surface area (Å²) in [5.74, 6) is -0.977. The molecule has 0 amide bonds. The maximum Gasteiger partial charge on any atom is 0.320 e. The van der Waals surface area contributed by atoms with E-state index >= 15 is 0 Å². The lowest BCUT2D eigenvalue weighted by Crippen LogP contribution is -2.22. The molecular weight excluding hydrogens is 188 g/mol. The van der Waals surface area contributed by atoms with Gasteiger partial charge in [-0.2, -0.15) is 0 Å². The number of aliphatic carboxylic acids is 1. The second-order valence-corrected chi connectivity index (χ2v) is 4.54. The first kappa shape index (κ1) is 8.44. The van der Waals surface area contributed by atoms with E-state index in [0.717, 1.165) is 5.56 Å². The topological polar surface area (TPSA) is 54.4 Å². The van der Waals surface area contributed by atoms with Crippen molar-refractivity contribution in [1.29, 1.82) is 0 Å². The van der Waals surface area contributed by atoms with E-state index in [1.165, 1.54) is 0 Å². The molecule has 0 aliphatic carbocycles. The Kier molecular flexibility index (Phi) is 1.92. The Morgan fingerprint density at radius 2 is 2.15 bits per heavy atom. The number of hydrogen-bond acceptors (Lipinski definition) is 2. The molecule has 0 spiro atoms. The van der Waals surface area contributed by atoms with Crippen molar-refractivity contribution in [3.8, 4) is 0 Å². The van der Waals surface area contributed by atoms with E-state index in [1.807, 2.05) is 12.1 Å². The van der Waals surface area contributed by atoms with E-state index in [0.29, 0.717) is 11.3 Å². The molecule has 0 saturated carbocycles. The van der Waals surface area contributed by atoms with Crippen LogP contribution in [0, 0.1) is 0 Å². The summed E-state index contributed by atoms with van der Waals surface area (Å²) in [5.41, 5.74) is 0.897. The fraction of sp³-hybridized carbons (Fsp3) is 0.222. The summed E-state index contributed by atoms with van der Waals surface area (Å²) in [7, 11) is -1.37. The molecule has 2 atom stereocenters. The van der Waals surface area contributed by atoms with Crippen molar-refractivity contribution in [2.45, 2.75) is 16.6 Å². The predicted octanol–water partition coefficient (Wildman–Crippen LogP) is 0.804. The van der Waals surface area contributed by atoms with E-state index in [2.05, 4.69) is 0 Å². The first-order chi connectivity index (χ1) is 6.20. The number of carbonyl (C=O) groups is 1. The van der Waals surface area contributed by atoms with Crippen molar-refractivity contribution >= 4 is 16.8 Å². The lowest BCUT2D eigenvalue weighted by Gasteiger charge is -1.98. The second-order valence-electron chi connectivity index (χ2n) is 2.94. The number of fused-ring (bicyclic) bond motifs is 1. The molecule has 0 radical (unpaired) electrons. The molecule has 68 valence electrons. The van der Waals surface area contributed by atoms with Gasteiger partial charge in [-0.25, -0.2) is 0 Å². The Labute approximate surface area is 77.9 Å². The molecule has 1 heterocycles. The number of carboxylic acids is 1. The first-order valence-corrected chi connectivity index (χ1v) is 5.13. The maximum absolute atomic E-state index is 11.6. The molecule has 1 aromatic rings. The zero-order valence-corrected chi connectivity index (χ0v) is 7.58. The molecule has 2 rings (SSSR count). The number of benzene rings is 1. The lowest BCUT2D eigenvalue weighted by molar-refractivity contribution is -0.136. The highest BCUT2D eigenvalue weighted by atomic mass is 32.2. The summed E-state index contributed by atoms with van der Waals surface area (Å²) in [4.78, 5) is 11.4. The van der Waals surface area contributed by atoms with Crippen LogP contribution in [-0.4, -0.2) is 20.5 Å². The summed E-state index contributed by atoms with van der Waals surface area (Å²) in [5, 5.41) is 8.01. The molecule has 0 aromatic heterocycles. The zero-order chi connectivity index (χ0) is 9.42. The SMILES string of the molecule is O=C(O)[C@@H]1Cc2ccccc2[S@]1=O. The fourth-order valence-electron chi connectivity index (χ4n) is 1.48. The third-order valence-electron chi connectivity index (χ3n) is 2.13. The molecule has 4 heteroatoms. The second kappa shape index (κ2) is 2.96. The van der Waals surface area contributed by atoms with Gasteiger partial charge in [0.25, 0.3) is 0 Å². The number of rotatable bonds is 1. The van der Waals surface area contributed by atoms with Gasteiger partial charge in [0.15, 0.2) is 0 Å². The van der Waals surface area contributed by atoms with Crippen molar-refractivity contribution < 1.29 is 14.1 Å². The van der Waals surface area contributed by atoms with E-state index in [9.17, 15) is 9.00 Å². The number of carboxylic acid groups (broad SMARTS) is 1. The molecule has 13 heavy (non-hydrogen) atoms. The van der Waals surface area contributed by atoms with Crippen LogP contribution in [0.3, 0.4) is 0 Å². The van der Waals surface area contributed by atoms with E-state index in [4.69, 9.17) is 5.11 Å². The molecule has 3 nitrogen and oxygen atoms in total. The van der Waals surface area contributed by atoms with Gasteiger partial charge in [-0.3, -0.25) is 9.00 Å². The number of hydrogen-bond donors (Lipinski definition) is 1. The minimum Gasteiger partial charge on any atom is -0.480 e.